The van der Waals surface area contributed by atoms with Gasteiger partial charge in [-0.3, -0.25) is 0 Å². The molecule has 0 spiro atoms. The van der Waals surface area contributed by atoms with Gasteiger partial charge in [0.25, 0.3) is 0 Å². The summed E-state index contributed by atoms with van der Waals surface area (Å²) in [5, 5.41) is 0. The Morgan fingerprint density at radius 3 is 2.08 bits per heavy atom. The number of rotatable bonds is 3. The molecule has 0 atom stereocenters. The molecule has 3 nitrogen and oxygen atoms in total. The van der Waals surface area contributed by atoms with Crippen LogP contribution < -0.4 is 9.64 Å². The molecule has 3 rings (SSSR count). The van der Waals surface area contributed by atoms with E-state index >= 15 is 0 Å². The van der Waals surface area contributed by atoms with Gasteiger partial charge in [-0.15, -0.1) is 0 Å². The van der Waals surface area contributed by atoms with E-state index in [2.05, 4.69) is 39.5 Å². The molecule has 26 heavy (non-hydrogen) atoms. The minimum absolute atomic E-state index is 0.799. The van der Waals surface area contributed by atoms with E-state index in [1.165, 1.54) is 5.57 Å². The quantitative estimate of drug-likeness (QED) is 0.516. The Morgan fingerprint density at radius 2 is 1.54 bits per heavy atom. The van der Waals surface area contributed by atoms with Crippen LogP contribution in [0.3, 0.4) is 0 Å². The summed E-state index contributed by atoms with van der Waals surface area (Å²) in [7, 11) is 1.68. The van der Waals surface area contributed by atoms with Crippen molar-refractivity contribution in [3.63, 3.8) is 0 Å². The van der Waals surface area contributed by atoms with Gasteiger partial charge in [-0.2, -0.15) is 0 Å². The summed E-state index contributed by atoms with van der Waals surface area (Å²) < 4.78 is 6.54. The SMILES string of the molecule is C=C1CCN(c2ccc(OC)c(-c3ccc(Br)cc3)n2)CC1.CC.CC. The molecule has 0 bridgehead atoms. The van der Waals surface area contributed by atoms with Crippen LogP contribution in [0.25, 0.3) is 11.3 Å². The summed E-state index contributed by atoms with van der Waals surface area (Å²) >= 11 is 3.47. The average Bonchev–Trinajstić information content (AvgIpc) is 2.72. The van der Waals surface area contributed by atoms with E-state index in [0.29, 0.717) is 0 Å². The molecule has 1 aliphatic rings. The summed E-state index contributed by atoms with van der Waals surface area (Å²) in [6.45, 7) is 14.0. The zero-order valence-electron chi connectivity index (χ0n) is 16.7. The Hall–Kier alpha value is -1.81. The van der Waals surface area contributed by atoms with Crippen LogP contribution in [0.5, 0.6) is 5.75 Å². The van der Waals surface area contributed by atoms with Gasteiger partial charge in [-0.1, -0.05) is 67.9 Å². The van der Waals surface area contributed by atoms with Crippen molar-refractivity contribution in [2.75, 3.05) is 25.1 Å². The molecular formula is C22H31BrN2O. The van der Waals surface area contributed by atoms with Crippen LogP contribution in [-0.4, -0.2) is 25.2 Å². The maximum Gasteiger partial charge on any atom is 0.145 e. The third kappa shape index (κ3) is 5.87. The van der Waals surface area contributed by atoms with Gasteiger partial charge in [-0.25, -0.2) is 4.98 Å². The van der Waals surface area contributed by atoms with Crippen LogP contribution >= 0.6 is 15.9 Å². The highest BCUT2D eigenvalue weighted by molar-refractivity contribution is 9.10. The summed E-state index contributed by atoms with van der Waals surface area (Å²) in [6.07, 6.45) is 2.09. The third-order valence-corrected chi connectivity index (χ3v) is 4.50. The minimum Gasteiger partial charge on any atom is -0.494 e. The number of halogens is 1. The largest absolute Gasteiger partial charge is 0.494 e. The number of pyridine rings is 1. The number of ether oxygens (including phenoxy) is 1. The van der Waals surface area contributed by atoms with Gasteiger partial charge in [0.1, 0.15) is 17.3 Å². The number of aromatic nitrogens is 1. The molecule has 1 fully saturated rings. The zero-order chi connectivity index (χ0) is 19.5. The predicted octanol–water partition coefficient (Wildman–Crippen LogP) is 6.73. The first-order valence-corrected chi connectivity index (χ1v) is 10.2. The van der Waals surface area contributed by atoms with Gasteiger partial charge >= 0.3 is 0 Å². The highest BCUT2D eigenvalue weighted by atomic mass is 79.9. The second-order valence-electron chi connectivity index (χ2n) is 5.46. The van der Waals surface area contributed by atoms with Crippen LogP contribution in [0.1, 0.15) is 40.5 Å². The predicted molar refractivity (Wildman–Crippen MR) is 117 cm³/mol. The maximum atomic E-state index is 5.48. The number of benzene rings is 1. The Bertz CT molecular complexity index is 673. The first-order chi connectivity index (χ1) is 12.7. The van der Waals surface area contributed by atoms with Gasteiger partial charge in [0.2, 0.25) is 0 Å². The van der Waals surface area contributed by atoms with E-state index in [1.807, 2.05) is 52.0 Å². The van der Waals surface area contributed by atoms with E-state index in [9.17, 15) is 0 Å². The van der Waals surface area contributed by atoms with Gasteiger partial charge < -0.3 is 9.64 Å². The van der Waals surface area contributed by atoms with Gasteiger partial charge in [-0.05, 0) is 37.1 Å². The molecule has 0 N–H and O–H groups in total. The molecule has 0 unspecified atom stereocenters. The molecule has 1 aromatic carbocycles. The molecule has 142 valence electrons. The van der Waals surface area contributed by atoms with Crippen molar-refractivity contribution in [1.82, 2.24) is 4.98 Å². The van der Waals surface area contributed by atoms with Gasteiger partial charge in [0.15, 0.2) is 0 Å². The number of anilines is 1. The van der Waals surface area contributed by atoms with E-state index in [4.69, 9.17) is 9.72 Å². The van der Waals surface area contributed by atoms with Crippen LogP contribution in [0.4, 0.5) is 5.82 Å². The topological polar surface area (TPSA) is 25.4 Å². The lowest BCUT2D eigenvalue weighted by Crippen LogP contribution is -2.31. The van der Waals surface area contributed by atoms with Crippen LogP contribution in [0.2, 0.25) is 0 Å². The molecule has 4 heteroatoms. The van der Waals surface area contributed by atoms with Crippen molar-refractivity contribution in [1.29, 1.82) is 0 Å². The standard InChI is InChI=1S/C18H19BrN2O.2C2H6/c1-13-9-11-21(12-10-13)17-8-7-16(22-2)18(20-17)14-3-5-15(19)6-4-14;2*1-2/h3-8H,1,9-12H2,2H3;2*1-2H3. The minimum atomic E-state index is 0.799. The summed E-state index contributed by atoms with van der Waals surface area (Å²) in [4.78, 5) is 7.16. The van der Waals surface area contributed by atoms with Crippen molar-refractivity contribution in [2.24, 2.45) is 0 Å². The normalized spacial score (nSPS) is 13.2. The molecule has 0 amide bonds. The Kier molecular flexibility index (Phi) is 10.0. The lowest BCUT2D eigenvalue weighted by Gasteiger charge is -2.29. The fraction of sp³-hybridized carbons (Fsp3) is 0.409. The van der Waals surface area contributed by atoms with E-state index in [-0.39, 0.29) is 0 Å². The van der Waals surface area contributed by atoms with E-state index in [1.54, 1.807) is 7.11 Å². The monoisotopic (exact) mass is 418 g/mol. The first kappa shape index (κ1) is 22.2. The van der Waals surface area contributed by atoms with Crippen molar-refractivity contribution in [2.45, 2.75) is 40.5 Å². The average molecular weight is 419 g/mol. The van der Waals surface area contributed by atoms with Gasteiger partial charge in [0, 0.05) is 23.1 Å². The second kappa shape index (κ2) is 11.7. The molecule has 0 saturated carbocycles. The third-order valence-electron chi connectivity index (χ3n) is 3.98. The molecule has 2 aromatic rings. The Labute approximate surface area is 167 Å². The smallest absolute Gasteiger partial charge is 0.145 e. The fourth-order valence-corrected chi connectivity index (χ4v) is 2.91. The molecular weight excluding hydrogens is 388 g/mol. The molecule has 1 saturated heterocycles. The van der Waals surface area contributed by atoms with Crippen molar-refractivity contribution < 1.29 is 4.74 Å². The van der Waals surface area contributed by atoms with Crippen LogP contribution in [-0.2, 0) is 0 Å². The lowest BCUT2D eigenvalue weighted by molar-refractivity contribution is 0.414. The number of nitrogens with zero attached hydrogens (tertiary/aromatic N) is 2. The molecule has 2 heterocycles. The maximum absolute atomic E-state index is 5.48. The summed E-state index contributed by atoms with van der Waals surface area (Å²) in [6, 6.07) is 12.2. The van der Waals surface area contributed by atoms with Gasteiger partial charge in [0.05, 0.1) is 7.11 Å². The number of methoxy groups -OCH3 is 1. The highest BCUT2D eigenvalue weighted by Crippen LogP contribution is 2.32. The van der Waals surface area contributed by atoms with Crippen molar-refractivity contribution in [3.05, 3.63) is 53.0 Å². The molecule has 1 aliphatic heterocycles. The summed E-state index contributed by atoms with van der Waals surface area (Å²) in [5.74, 6) is 1.80. The van der Waals surface area contributed by atoms with Crippen molar-refractivity contribution in [3.8, 4) is 17.0 Å². The Morgan fingerprint density at radius 1 is 0.962 bits per heavy atom. The summed E-state index contributed by atoms with van der Waals surface area (Å²) in [5.41, 5.74) is 3.28. The Balaban J connectivity index is 0.000000791. The van der Waals surface area contributed by atoms with E-state index in [0.717, 1.165) is 53.2 Å². The van der Waals surface area contributed by atoms with Crippen LogP contribution in [0, 0.1) is 0 Å². The first-order valence-electron chi connectivity index (χ1n) is 9.40. The lowest BCUT2D eigenvalue weighted by atomic mass is 10.1. The number of piperidine rings is 1. The number of hydrogen-bond donors (Lipinski definition) is 0. The fourth-order valence-electron chi connectivity index (χ4n) is 2.64. The molecule has 1 aromatic heterocycles. The second-order valence-corrected chi connectivity index (χ2v) is 6.38. The number of hydrogen-bond acceptors (Lipinski definition) is 3. The van der Waals surface area contributed by atoms with Crippen molar-refractivity contribution >= 4 is 21.7 Å². The molecule has 0 radical (unpaired) electrons. The van der Waals surface area contributed by atoms with E-state index < -0.39 is 0 Å². The van der Waals surface area contributed by atoms with Crippen LogP contribution in [0.15, 0.2) is 53.0 Å². The zero-order valence-corrected chi connectivity index (χ0v) is 18.3. The molecule has 0 aliphatic carbocycles. The highest BCUT2D eigenvalue weighted by Gasteiger charge is 2.16.